The van der Waals surface area contributed by atoms with Crippen LogP contribution in [0.15, 0.2) is 60.8 Å². The fourth-order valence-corrected chi connectivity index (χ4v) is 3.75. The molecule has 36 heavy (non-hydrogen) atoms. The third-order valence-corrected chi connectivity index (χ3v) is 5.82. The number of rotatable bonds is 5. The van der Waals surface area contributed by atoms with Crippen molar-refractivity contribution in [2.24, 2.45) is 0 Å². The maximum atomic E-state index is 13.7. The topological polar surface area (TPSA) is 109 Å². The number of fused-ring (bicyclic) bond motifs is 1. The van der Waals surface area contributed by atoms with Gasteiger partial charge in [-0.2, -0.15) is 18.4 Å². The van der Waals surface area contributed by atoms with Crippen molar-refractivity contribution in [2.45, 2.75) is 32.6 Å². The summed E-state index contributed by atoms with van der Waals surface area (Å²) >= 11 is 0. The van der Waals surface area contributed by atoms with E-state index in [1.165, 1.54) is 11.0 Å². The fourth-order valence-electron chi connectivity index (χ4n) is 3.75. The highest BCUT2D eigenvalue weighted by Crippen LogP contribution is 2.30. The quantitative estimate of drug-likeness (QED) is 0.411. The minimum absolute atomic E-state index is 0.0757. The summed E-state index contributed by atoms with van der Waals surface area (Å²) in [6, 6.07) is 15.2. The molecule has 7 nitrogen and oxygen atoms in total. The number of aryl methyl sites for hydroxylation is 1. The van der Waals surface area contributed by atoms with Gasteiger partial charge in [-0.1, -0.05) is 6.07 Å². The number of nitriles is 1. The van der Waals surface area contributed by atoms with E-state index in [1.807, 2.05) is 19.1 Å². The summed E-state index contributed by atoms with van der Waals surface area (Å²) in [6.07, 6.45) is -3.78. The number of carbonyl (C=O) groups excluding carboxylic acids is 1. The molecule has 0 aliphatic carbocycles. The van der Waals surface area contributed by atoms with Gasteiger partial charge in [-0.05, 0) is 67.9 Å². The van der Waals surface area contributed by atoms with Crippen molar-refractivity contribution in [2.75, 3.05) is 5.73 Å². The number of halogens is 3. The zero-order chi connectivity index (χ0) is 26.0. The van der Waals surface area contributed by atoms with Gasteiger partial charge in [0.2, 0.25) is 0 Å². The van der Waals surface area contributed by atoms with E-state index < -0.39 is 17.8 Å². The van der Waals surface area contributed by atoms with Crippen LogP contribution >= 0.6 is 0 Å². The van der Waals surface area contributed by atoms with E-state index in [9.17, 15) is 23.2 Å². The number of anilines is 1. The fraction of sp³-hybridized carbons (Fsp3) is 0.192. The van der Waals surface area contributed by atoms with E-state index in [2.05, 4.69) is 15.0 Å². The number of nitrogen functional groups attached to an aromatic ring is 1. The van der Waals surface area contributed by atoms with Crippen LogP contribution in [0.3, 0.4) is 0 Å². The van der Waals surface area contributed by atoms with Gasteiger partial charge in [0.05, 0.1) is 35.1 Å². The van der Waals surface area contributed by atoms with Crippen LogP contribution in [0.5, 0.6) is 0 Å². The minimum Gasteiger partial charge on any atom is -0.383 e. The van der Waals surface area contributed by atoms with Gasteiger partial charge in [-0.25, -0.2) is 9.97 Å². The van der Waals surface area contributed by atoms with Gasteiger partial charge < -0.3 is 10.6 Å². The van der Waals surface area contributed by atoms with Crippen molar-refractivity contribution < 1.29 is 18.0 Å². The molecule has 1 aromatic carbocycles. The first-order valence-electron chi connectivity index (χ1n) is 10.9. The Kier molecular flexibility index (Phi) is 6.57. The second-order valence-electron chi connectivity index (χ2n) is 8.30. The van der Waals surface area contributed by atoms with Gasteiger partial charge in [0.25, 0.3) is 5.91 Å². The Balaban J connectivity index is 1.73. The van der Waals surface area contributed by atoms with Gasteiger partial charge in [0.1, 0.15) is 17.6 Å². The average molecular weight is 490 g/mol. The number of alkyl halides is 3. The van der Waals surface area contributed by atoms with Crippen LogP contribution < -0.4 is 5.73 Å². The number of nitrogens with zero attached hydrogens (tertiary/aromatic N) is 5. The molecule has 0 saturated heterocycles. The maximum Gasteiger partial charge on any atom is 0.417 e. The third kappa shape index (κ3) is 5.10. The average Bonchev–Trinajstić information content (AvgIpc) is 2.86. The van der Waals surface area contributed by atoms with Gasteiger partial charge in [0, 0.05) is 17.1 Å². The Morgan fingerprint density at radius 1 is 1.14 bits per heavy atom. The Morgan fingerprint density at radius 3 is 2.58 bits per heavy atom. The lowest BCUT2D eigenvalue weighted by atomic mass is 10.1. The number of pyridine rings is 3. The Morgan fingerprint density at radius 2 is 1.92 bits per heavy atom. The van der Waals surface area contributed by atoms with E-state index in [4.69, 9.17) is 5.73 Å². The number of carbonyl (C=O) groups is 1. The molecule has 1 atom stereocenters. The molecule has 2 N–H and O–H groups in total. The lowest BCUT2D eigenvalue weighted by molar-refractivity contribution is -0.137. The van der Waals surface area contributed by atoms with Crippen LogP contribution in [-0.2, 0) is 12.7 Å². The Bertz CT molecular complexity index is 1480. The smallest absolute Gasteiger partial charge is 0.383 e. The van der Waals surface area contributed by atoms with Crippen molar-refractivity contribution in [3.8, 4) is 6.07 Å². The zero-order valence-electron chi connectivity index (χ0n) is 19.4. The molecular formula is C26H21F3N6O. The molecule has 0 aliphatic heterocycles. The van der Waals surface area contributed by atoms with Gasteiger partial charge in [-0.15, -0.1) is 0 Å². The molecule has 0 aliphatic rings. The molecule has 0 spiro atoms. The van der Waals surface area contributed by atoms with Crippen molar-refractivity contribution in [1.29, 1.82) is 5.26 Å². The van der Waals surface area contributed by atoms with Crippen molar-refractivity contribution in [3.05, 3.63) is 94.6 Å². The molecule has 1 amide bonds. The first-order valence-corrected chi connectivity index (χ1v) is 10.9. The molecule has 4 rings (SSSR count). The van der Waals surface area contributed by atoms with E-state index in [0.29, 0.717) is 22.6 Å². The second kappa shape index (κ2) is 9.62. The number of hydrogen-bond donors (Lipinski definition) is 1. The number of benzene rings is 1. The lowest BCUT2D eigenvalue weighted by Gasteiger charge is -2.29. The summed E-state index contributed by atoms with van der Waals surface area (Å²) < 4.78 is 38.9. The molecule has 10 heteroatoms. The summed E-state index contributed by atoms with van der Waals surface area (Å²) in [5.41, 5.74) is 7.67. The maximum absolute atomic E-state index is 13.7. The van der Waals surface area contributed by atoms with E-state index in [0.717, 1.165) is 23.2 Å². The van der Waals surface area contributed by atoms with Crippen molar-refractivity contribution >= 4 is 22.6 Å². The molecule has 4 aromatic rings. The SMILES string of the molecule is Cc1cc2cc(C(=O)N(Cc3ccc(C(F)(F)F)cn3)[C@H](C)c3cccc(C#N)n3)ccc2nc1N. The van der Waals surface area contributed by atoms with Crippen LogP contribution in [0.25, 0.3) is 10.9 Å². The van der Waals surface area contributed by atoms with E-state index >= 15 is 0 Å². The third-order valence-electron chi connectivity index (χ3n) is 5.82. The van der Waals surface area contributed by atoms with E-state index in [-0.39, 0.29) is 23.8 Å². The summed E-state index contributed by atoms with van der Waals surface area (Å²) in [5, 5.41) is 9.95. The molecule has 0 unspecified atom stereocenters. The largest absolute Gasteiger partial charge is 0.417 e. The number of aromatic nitrogens is 3. The summed E-state index contributed by atoms with van der Waals surface area (Å²) in [6.45, 7) is 3.47. The van der Waals surface area contributed by atoms with Gasteiger partial charge >= 0.3 is 6.18 Å². The lowest BCUT2D eigenvalue weighted by Crippen LogP contribution is -2.34. The predicted molar refractivity (Wildman–Crippen MR) is 127 cm³/mol. The number of hydrogen-bond acceptors (Lipinski definition) is 6. The van der Waals surface area contributed by atoms with Crippen molar-refractivity contribution in [1.82, 2.24) is 19.9 Å². The monoisotopic (exact) mass is 490 g/mol. The standard InChI is InChI=1S/C26H21F3N6O/c1-15-10-18-11-17(6-9-23(18)34-24(15)31)25(36)35(16(2)22-5-3-4-20(12-30)33-22)14-21-8-7-19(13-32-21)26(27,28)29/h3-11,13,16H,14H2,1-2H3,(H2,31,34)/t16-/m1/s1. The van der Waals surface area contributed by atoms with Gasteiger partial charge in [0.15, 0.2) is 0 Å². The van der Waals surface area contributed by atoms with Crippen molar-refractivity contribution in [3.63, 3.8) is 0 Å². The van der Waals surface area contributed by atoms with Crippen LogP contribution in [0.4, 0.5) is 19.0 Å². The molecule has 0 fully saturated rings. The molecule has 0 saturated carbocycles. The van der Waals surface area contributed by atoms with Crippen LogP contribution in [-0.4, -0.2) is 25.8 Å². The Hall–Kier alpha value is -4.52. The first kappa shape index (κ1) is 24.6. The highest BCUT2D eigenvalue weighted by molar-refractivity contribution is 5.98. The zero-order valence-corrected chi connectivity index (χ0v) is 19.4. The molecule has 3 aromatic heterocycles. The van der Waals surface area contributed by atoms with Crippen LogP contribution in [0.1, 0.15) is 51.5 Å². The predicted octanol–water partition coefficient (Wildman–Crippen LogP) is 5.21. The molecule has 0 bridgehead atoms. The highest BCUT2D eigenvalue weighted by atomic mass is 19.4. The van der Waals surface area contributed by atoms with E-state index in [1.54, 1.807) is 43.3 Å². The number of nitrogens with two attached hydrogens (primary N) is 1. The summed E-state index contributed by atoms with van der Waals surface area (Å²) in [5.74, 6) is 0.0124. The van der Waals surface area contributed by atoms with Gasteiger partial charge in [-0.3, -0.25) is 9.78 Å². The summed E-state index contributed by atoms with van der Waals surface area (Å²) in [4.78, 5) is 27.7. The minimum atomic E-state index is -4.52. The molecule has 0 radical (unpaired) electrons. The highest BCUT2D eigenvalue weighted by Gasteiger charge is 2.31. The Labute approximate surface area is 205 Å². The molecule has 182 valence electrons. The first-order chi connectivity index (χ1) is 17.1. The number of amides is 1. The summed E-state index contributed by atoms with van der Waals surface area (Å²) in [7, 11) is 0. The van der Waals surface area contributed by atoms with Crippen LogP contribution in [0, 0.1) is 18.3 Å². The molecular weight excluding hydrogens is 469 g/mol. The van der Waals surface area contributed by atoms with Crippen LogP contribution in [0.2, 0.25) is 0 Å². The second-order valence-corrected chi connectivity index (χ2v) is 8.30. The molecule has 3 heterocycles. The normalized spacial score (nSPS) is 12.2.